The van der Waals surface area contributed by atoms with E-state index in [-0.39, 0.29) is 17.9 Å². The van der Waals surface area contributed by atoms with Gasteiger partial charge in [0.1, 0.15) is 5.01 Å². The van der Waals surface area contributed by atoms with Gasteiger partial charge >= 0.3 is 0 Å². The molecule has 0 spiro atoms. The Labute approximate surface area is 97.6 Å². The topological polar surface area (TPSA) is 50.3 Å². The van der Waals surface area contributed by atoms with Crippen molar-refractivity contribution in [2.24, 2.45) is 0 Å². The molecule has 0 N–H and O–H groups in total. The van der Waals surface area contributed by atoms with Crippen LogP contribution in [0.2, 0.25) is 0 Å². The molecule has 1 aromatic rings. The van der Waals surface area contributed by atoms with Gasteiger partial charge in [-0.1, -0.05) is 6.92 Å². The average Bonchev–Trinajstić information content (AvgIpc) is 2.85. The number of carbonyl (C=O) groups is 2. The second-order valence-electron chi connectivity index (χ2n) is 3.57. The zero-order valence-electron chi connectivity index (χ0n) is 9.14. The number of aromatic nitrogens is 1. The van der Waals surface area contributed by atoms with Crippen LogP contribution in [0.5, 0.6) is 0 Å². The Morgan fingerprint density at radius 2 is 2.00 bits per heavy atom. The molecule has 1 aromatic heterocycles. The predicted molar refractivity (Wildman–Crippen MR) is 60.9 cm³/mol. The van der Waals surface area contributed by atoms with Gasteiger partial charge in [0.2, 0.25) is 0 Å². The summed E-state index contributed by atoms with van der Waals surface area (Å²) >= 11 is 1.55. The SMILES string of the molecule is CCc1cnc(C(C)N2C(=O)C=CC2=O)s1. The molecule has 2 heterocycles. The zero-order valence-corrected chi connectivity index (χ0v) is 9.95. The molecule has 0 fully saturated rings. The number of rotatable bonds is 3. The molecule has 4 nitrogen and oxygen atoms in total. The first-order chi connectivity index (χ1) is 7.63. The average molecular weight is 236 g/mol. The van der Waals surface area contributed by atoms with Crippen molar-refractivity contribution < 1.29 is 9.59 Å². The smallest absolute Gasteiger partial charge is 0.254 e. The van der Waals surface area contributed by atoms with E-state index in [1.807, 2.05) is 6.92 Å². The minimum absolute atomic E-state index is 0.259. The van der Waals surface area contributed by atoms with E-state index in [1.54, 1.807) is 17.5 Å². The van der Waals surface area contributed by atoms with Crippen LogP contribution in [-0.4, -0.2) is 21.7 Å². The summed E-state index contributed by atoms with van der Waals surface area (Å²) in [4.78, 5) is 29.6. The van der Waals surface area contributed by atoms with E-state index in [9.17, 15) is 9.59 Å². The van der Waals surface area contributed by atoms with E-state index in [0.29, 0.717) is 0 Å². The second kappa shape index (κ2) is 4.17. The maximum atomic E-state index is 11.5. The molecule has 2 rings (SSSR count). The van der Waals surface area contributed by atoms with Crippen molar-refractivity contribution in [3.05, 3.63) is 28.2 Å². The number of thiazole rings is 1. The number of carbonyl (C=O) groups excluding carboxylic acids is 2. The number of hydrogen-bond acceptors (Lipinski definition) is 4. The Morgan fingerprint density at radius 3 is 2.50 bits per heavy atom. The largest absolute Gasteiger partial charge is 0.269 e. The highest BCUT2D eigenvalue weighted by Crippen LogP contribution is 2.27. The molecule has 1 unspecified atom stereocenters. The van der Waals surface area contributed by atoms with Crippen LogP contribution in [0, 0.1) is 0 Å². The van der Waals surface area contributed by atoms with Gasteiger partial charge in [-0.25, -0.2) is 4.98 Å². The van der Waals surface area contributed by atoms with Crippen LogP contribution >= 0.6 is 11.3 Å². The van der Waals surface area contributed by atoms with E-state index in [2.05, 4.69) is 11.9 Å². The molecule has 84 valence electrons. The van der Waals surface area contributed by atoms with Gasteiger partial charge in [0.25, 0.3) is 11.8 Å². The lowest BCUT2D eigenvalue weighted by atomic mass is 10.3. The third kappa shape index (κ3) is 1.78. The molecule has 0 bridgehead atoms. The zero-order chi connectivity index (χ0) is 11.7. The fourth-order valence-corrected chi connectivity index (χ4v) is 2.48. The van der Waals surface area contributed by atoms with Gasteiger partial charge in [-0.2, -0.15) is 0 Å². The van der Waals surface area contributed by atoms with Crippen molar-refractivity contribution in [2.75, 3.05) is 0 Å². The summed E-state index contributed by atoms with van der Waals surface area (Å²) in [6.07, 6.45) is 5.32. The first-order valence-electron chi connectivity index (χ1n) is 5.13. The fourth-order valence-electron chi connectivity index (χ4n) is 1.58. The molecule has 2 amide bonds. The Bertz CT molecular complexity index is 446. The van der Waals surface area contributed by atoms with Gasteiger partial charge in [-0.3, -0.25) is 14.5 Å². The summed E-state index contributed by atoms with van der Waals surface area (Å²) in [5.74, 6) is -0.517. The molecule has 0 aliphatic carbocycles. The van der Waals surface area contributed by atoms with Crippen molar-refractivity contribution >= 4 is 23.2 Å². The van der Waals surface area contributed by atoms with Crippen LogP contribution in [0.3, 0.4) is 0 Å². The van der Waals surface area contributed by atoms with Gasteiger partial charge in [0, 0.05) is 23.2 Å². The van der Waals surface area contributed by atoms with E-state index in [4.69, 9.17) is 0 Å². The standard InChI is InChI=1S/C11H12N2O2S/c1-3-8-6-12-11(16-8)7(2)13-9(14)4-5-10(13)15/h4-7H,3H2,1-2H3. The van der Waals surface area contributed by atoms with E-state index < -0.39 is 0 Å². The Kier molecular flexibility index (Phi) is 2.87. The summed E-state index contributed by atoms with van der Waals surface area (Å²) in [6, 6.07) is -0.278. The fraction of sp³-hybridized carbons (Fsp3) is 0.364. The summed E-state index contributed by atoms with van der Waals surface area (Å²) in [5.41, 5.74) is 0. The Morgan fingerprint density at radius 1 is 1.38 bits per heavy atom. The normalized spacial score (nSPS) is 17.2. The first-order valence-corrected chi connectivity index (χ1v) is 5.95. The molecule has 1 aliphatic rings. The number of hydrogen-bond donors (Lipinski definition) is 0. The third-order valence-corrected chi connectivity index (χ3v) is 3.82. The first kappa shape index (κ1) is 11.0. The van der Waals surface area contributed by atoms with Gasteiger partial charge in [-0.05, 0) is 13.3 Å². The quantitative estimate of drug-likeness (QED) is 0.750. The van der Waals surface area contributed by atoms with Crippen LogP contribution in [0.1, 0.15) is 29.8 Å². The highest BCUT2D eigenvalue weighted by atomic mass is 32.1. The molecular weight excluding hydrogens is 224 g/mol. The van der Waals surface area contributed by atoms with Gasteiger partial charge in [0.05, 0.1) is 6.04 Å². The van der Waals surface area contributed by atoms with Gasteiger partial charge < -0.3 is 0 Å². The van der Waals surface area contributed by atoms with Crippen LogP contribution in [0.4, 0.5) is 0 Å². The van der Waals surface area contributed by atoms with Crippen LogP contribution in [-0.2, 0) is 16.0 Å². The molecule has 0 radical (unpaired) electrons. The van der Waals surface area contributed by atoms with E-state index >= 15 is 0 Å². The molecule has 0 aromatic carbocycles. The number of aryl methyl sites for hydroxylation is 1. The lowest BCUT2D eigenvalue weighted by molar-refractivity contribution is -0.139. The van der Waals surface area contributed by atoms with Gasteiger partial charge in [-0.15, -0.1) is 11.3 Å². The minimum Gasteiger partial charge on any atom is -0.269 e. The lowest BCUT2D eigenvalue weighted by Crippen LogP contribution is -2.32. The van der Waals surface area contributed by atoms with Crippen molar-refractivity contribution in [3.63, 3.8) is 0 Å². The molecule has 16 heavy (non-hydrogen) atoms. The van der Waals surface area contributed by atoms with Gasteiger partial charge in [0.15, 0.2) is 0 Å². The summed E-state index contributed by atoms with van der Waals surface area (Å²) in [5, 5.41) is 0.808. The molecule has 0 saturated carbocycles. The molecule has 5 heteroatoms. The predicted octanol–water partition coefficient (Wildman–Crippen LogP) is 1.69. The maximum absolute atomic E-state index is 11.5. The van der Waals surface area contributed by atoms with Crippen LogP contribution < -0.4 is 0 Å². The third-order valence-electron chi connectivity index (χ3n) is 2.51. The van der Waals surface area contributed by atoms with Crippen molar-refractivity contribution in [2.45, 2.75) is 26.3 Å². The molecule has 1 atom stereocenters. The lowest BCUT2D eigenvalue weighted by Gasteiger charge is -2.19. The number of nitrogens with zero attached hydrogens (tertiary/aromatic N) is 2. The highest BCUT2D eigenvalue weighted by molar-refractivity contribution is 7.11. The summed E-state index contributed by atoms with van der Waals surface area (Å²) in [7, 11) is 0. The van der Waals surface area contributed by atoms with Crippen molar-refractivity contribution in [1.29, 1.82) is 0 Å². The maximum Gasteiger partial charge on any atom is 0.254 e. The van der Waals surface area contributed by atoms with Crippen molar-refractivity contribution in [1.82, 2.24) is 9.88 Å². The molecule has 1 aliphatic heterocycles. The van der Waals surface area contributed by atoms with Crippen LogP contribution in [0.15, 0.2) is 18.3 Å². The van der Waals surface area contributed by atoms with E-state index in [1.165, 1.54) is 17.1 Å². The molecule has 0 saturated heterocycles. The van der Waals surface area contributed by atoms with E-state index in [0.717, 1.165) is 16.3 Å². The minimum atomic E-state index is -0.278. The van der Waals surface area contributed by atoms with Crippen molar-refractivity contribution in [3.8, 4) is 0 Å². The summed E-state index contributed by atoms with van der Waals surface area (Å²) < 4.78 is 0. The number of imide groups is 1. The highest BCUT2D eigenvalue weighted by Gasteiger charge is 2.30. The molecular formula is C11H12N2O2S. The summed E-state index contributed by atoms with van der Waals surface area (Å²) in [6.45, 7) is 3.87. The van der Waals surface area contributed by atoms with Crippen LogP contribution in [0.25, 0.3) is 0 Å². The monoisotopic (exact) mass is 236 g/mol. The second-order valence-corrected chi connectivity index (χ2v) is 4.72. The Balaban J connectivity index is 2.22. The number of amides is 2. The Hall–Kier alpha value is -1.49.